The quantitative estimate of drug-likeness (QED) is 0.612. The van der Waals surface area contributed by atoms with Gasteiger partial charge in [0.05, 0.1) is 27.6 Å². The predicted molar refractivity (Wildman–Crippen MR) is 125 cm³/mol. The minimum absolute atomic E-state index is 0.0454. The molecule has 1 aliphatic rings. The van der Waals surface area contributed by atoms with Gasteiger partial charge in [-0.15, -0.1) is 0 Å². The van der Waals surface area contributed by atoms with E-state index < -0.39 is 21.7 Å². The van der Waals surface area contributed by atoms with Crippen molar-refractivity contribution in [3.8, 4) is 11.3 Å². The number of hydrogen-bond donors (Lipinski definition) is 1. The topological polar surface area (TPSA) is 81.2 Å². The Balaban J connectivity index is 1.84. The van der Waals surface area contributed by atoms with E-state index in [0.717, 1.165) is 11.6 Å². The molecule has 1 atom stereocenters. The number of halogens is 2. The molecule has 0 radical (unpaired) electrons. The Kier molecular flexibility index (Phi) is 5.81. The molecule has 0 saturated carbocycles. The van der Waals surface area contributed by atoms with Crippen LogP contribution in [-0.2, 0) is 21.9 Å². The van der Waals surface area contributed by atoms with Crippen LogP contribution < -0.4 is 10.6 Å². The van der Waals surface area contributed by atoms with Gasteiger partial charge in [0.25, 0.3) is 0 Å². The van der Waals surface area contributed by atoms with Crippen LogP contribution >= 0.6 is 11.6 Å². The Morgan fingerprint density at radius 1 is 1.19 bits per heavy atom. The summed E-state index contributed by atoms with van der Waals surface area (Å²) in [7, 11) is -3.75. The lowest BCUT2D eigenvalue weighted by molar-refractivity contribution is 0.356. The maximum absolute atomic E-state index is 15.2. The summed E-state index contributed by atoms with van der Waals surface area (Å²) in [6, 6.07) is 11.1. The Morgan fingerprint density at radius 2 is 1.88 bits per heavy atom. The van der Waals surface area contributed by atoms with Gasteiger partial charge in [0, 0.05) is 35.9 Å². The van der Waals surface area contributed by atoms with Crippen LogP contribution in [0.4, 0.5) is 10.1 Å². The first kappa shape index (κ1) is 22.8. The summed E-state index contributed by atoms with van der Waals surface area (Å²) in [5.74, 6) is -0.873. The second kappa shape index (κ2) is 8.17. The van der Waals surface area contributed by atoms with E-state index in [2.05, 4.69) is 5.10 Å². The molecule has 0 bridgehead atoms. The molecule has 0 aliphatic carbocycles. The lowest BCUT2D eigenvalue weighted by atomic mass is 10.1. The average Bonchev–Trinajstić information content (AvgIpc) is 3.16. The fraction of sp³-hybridized carbons (Fsp3) is 0.348. The summed E-state index contributed by atoms with van der Waals surface area (Å²) in [6.07, 6.45) is 1.79. The normalized spacial score (nSPS) is 18.3. The molecule has 4 rings (SSSR count). The van der Waals surface area contributed by atoms with Gasteiger partial charge in [-0.2, -0.15) is 5.10 Å². The summed E-state index contributed by atoms with van der Waals surface area (Å²) in [6.45, 7) is 6.72. The van der Waals surface area contributed by atoms with Gasteiger partial charge in [-0.3, -0.25) is 4.68 Å². The van der Waals surface area contributed by atoms with E-state index in [9.17, 15) is 8.42 Å². The van der Waals surface area contributed by atoms with E-state index in [-0.39, 0.29) is 21.8 Å². The highest BCUT2D eigenvalue weighted by molar-refractivity contribution is 7.91. The minimum Gasteiger partial charge on any atom is -0.365 e. The monoisotopic (exact) mass is 476 g/mol. The zero-order chi connectivity index (χ0) is 23.3. The summed E-state index contributed by atoms with van der Waals surface area (Å²) >= 11 is 6.00. The number of aromatic nitrogens is 2. The largest absolute Gasteiger partial charge is 0.365 e. The first-order valence-corrected chi connectivity index (χ1v) is 12.3. The Labute approximate surface area is 192 Å². The van der Waals surface area contributed by atoms with Gasteiger partial charge in [0.2, 0.25) is 0 Å². The first-order valence-electron chi connectivity index (χ1n) is 10.3. The van der Waals surface area contributed by atoms with Crippen molar-refractivity contribution in [3.63, 3.8) is 0 Å². The number of anilines is 1. The summed E-state index contributed by atoms with van der Waals surface area (Å²) < 4.78 is 42.9. The molecule has 0 saturated heterocycles. The van der Waals surface area contributed by atoms with Crippen LogP contribution in [0.1, 0.15) is 26.3 Å². The van der Waals surface area contributed by atoms with Crippen LogP contribution in [0.25, 0.3) is 11.3 Å². The third-order valence-corrected chi connectivity index (χ3v) is 7.57. The second-order valence-electron chi connectivity index (χ2n) is 9.16. The molecule has 170 valence electrons. The Morgan fingerprint density at radius 3 is 2.50 bits per heavy atom. The van der Waals surface area contributed by atoms with Gasteiger partial charge in [-0.1, -0.05) is 23.7 Å². The number of nitrogens with zero attached hydrogens (tertiary/aromatic N) is 3. The van der Waals surface area contributed by atoms with Crippen LogP contribution in [-0.4, -0.2) is 36.5 Å². The fourth-order valence-electron chi connectivity index (χ4n) is 3.84. The minimum atomic E-state index is -3.75. The third kappa shape index (κ3) is 4.53. The smallest absolute Gasteiger partial charge is 0.182 e. The van der Waals surface area contributed by atoms with Crippen molar-refractivity contribution >= 4 is 27.1 Å². The van der Waals surface area contributed by atoms with E-state index in [1.54, 1.807) is 35.1 Å². The molecule has 1 aliphatic heterocycles. The zero-order valence-corrected chi connectivity index (χ0v) is 19.8. The van der Waals surface area contributed by atoms with Gasteiger partial charge in [0.1, 0.15) is 5.82 Å². The summed E-state index contributed by atoms with van der Waals surface area (Å²) in [5, 5.41) is 5.14. The van der Waals surface area contributed by atoms with E-state index in [4.69, 9.17) is 17.3 Å². The molecule has 2 heterocycles. The number of nitrogens with two attached hydrogens (primary N) is 1. The second-order valence-corrected chi connectivity index (χ2v) is 11.6. The highest BCUT2D eigenvalue weighted by atomic mass is 35.5. The number of sulfone groups is 1. The van der Waals surface area contributed by atoms with Crippen LogP contribution in [0.15, 0.2) is 53.6 Å². The van der Waals surface area contributed by atoms with Crippen LogP contribution in [0, 0.1) is 5.82 Å². The molecule has 1 aromatic heterocycles. The van der Waals surface area contributed by atoms with Gasteiger partial charge in [0.15, 0.2) is 9.84 Å². The van der Waals surface area contributed by atoms with Gasteiger partial charge >= 0.3 is 0 Å². The molecular formula is C23H26ClFN4O2S. The summed E-state index contributed by atoms with van der Waals surface area (Å²) in [4.78, 5) is 1.84. The number of rotatable bonds is 3. The van der Waals surface area contributed by atoms with Gasteiger partial charge in [-0.25, -0.2) is 12.8 Å². The highest BCUT2D eigenvalue weighted by Crippen LogP contribution is 2.36. The van der Waals surface area contributed by atoms with Crippen molar-refractivity contribution in [1.29, 1.82) is 0 Å². The SMILES string of the molecule is CC(C)(C)n1ccc(-c2cc3c(cc2F)S(=O)(=O)C[C@H](N)CN3Cc2ccc(Cl)cc2)n1. The number of hydrogen-bond acceptors (Lipinski definition) is 5. The molecule has 0 spiro atoms. The predicted octanol–water partition coefficient (Wildman–Crippen LogP) is 4.22. The van der Waals surface area contributed by atoms with Crippen molar-refractivity contribution in [1.82, 2.24) is 9.78 Å². The molecule has 3 aromatic rings. The molecule has 0 fully saturated rings. The van der Waals surface area contributed by atoms with Crippen LogP contribution in [0.2, 0.25) is 5.02 Å². The zero-order valence-electron chi connectivity index (χ0n) is 18.2. The fourth-order valence-corrected chi connectivity index (χ4v) is 5.61. The van der Waals surface area contributed by atoms with Crippen molar-refractivity contribution in [2.45, 2.75) is 43.8 Å². The van der Waals surface area contributed by atoms with Gasteiger partial charge < -0.3 is 10.6 Å². The molecule has 2 N–H and O–H groups in total. The lowest BCUT2D eigenvalue weighted by Crippen LogP contribution is -2.39. The lowest BCUT2D eigenvalue weighted by Gasteiger charge is -2.26. The molecule has 6 nitrogen and oxygen atoms in total. The van der Waals surface area contributed by atoms with E-state index in [0.29, 0.717) is 29.5 Å². The maximum Gasteiger partial charge on any atom is 0.182 e. The van der Waals surface area contributed by atoms with Crippen molar-refractivity contribution in [3.05, 3.63) is 65.1 Å². The Hall–Kier alpha value is -2.42. The third-order valence-electron chi connectivity index (χ3n) is 5.45. The molecule has 9 heteroatoms. The van der Waals surface area contributed by atoms with E-state index in [1.807, 2.05) is 37.8 Å². The molecule has 0 amide bonds. The molecule has 2 aromatic carbocycles. The van der Waals surface area contributed by atoms with Crippen molar-refractivity contribution in [2.24, 2.45) is 5.73 Å². The standard InChI is InChI=1S/C23H26ClFN4O2S/c1-23(2,3)29-9-8-20(27-29)18-10-21-22(11-19(18)25)32(30,31)14-17(26)13-28(21)12-15-4-6-16(24)7-5-15/h4-11,17H,12-14,26H2,1-3H3/t17-/m1/s1. The van der Waals surface area contributed by atoms with Crippen molar-refractivity contribution < 1.29 is 12.8 Å². The van der Waals surface area contributed by atoms with Crippen LogP contribution in [0.5, 0.6) is 0 Å². The number of fused-ring (bicyclic) bond motifs is 1. The molecule has 0 unspecified atom stereocenters. The maximum atomic E-state index is 15.2. The van der Waals surface area contributed by atoms with Crippen LogP contribution in [0.3, 0.4) is 0 Å². The highest BCUT2D eigenvalue weighted by Gasteiger charge is 2.32. The summed E-state index contributed by atoms with van der Waals surface area (Å²) in [5.41, 5.74) is 7.93. The average molecular weight is 477 g/mol. The number of benzene rings is 2. The van der Waals surface area contributed by atoms with Crippen molar-refractivity contribution in [2.75, 3.05) is 17.2 Å². The Bertz CT molecular complexity index is 1250. The molecular weight excluding hydrogens is 451 g/mol. The van der Waals surface area contributed by atoms with E-state index in [1.165, 1.54) is 0 Å². The molecule has 32 heavy (non-hydrogen) atoms. The first-order chi connectivity index (χ1) is 14.9. The van der Waals surface area contributed by atoms with E-state index >= 15 is 4.39 Å². The van der Waals surface area contributed by atoms with Gasteiger partial charge in [-0.05, 0) is 56.7 Å².